The number of ether oxygens (including phenoxy) is 1. The summed E-state index contributed by atoms with van der Waals surface area (Å²) in [7, 11) is 0. The number of carbonyl (C=O) groups is 1. The number of non-ortho nitro benzene ring substituents is 1. The average molecular weight is 544 g/mol. The van der Waals surface area contributed by atoms with Crippen LogP contribution in [0, 0.1) is 30.9 Å². The number of nitrogens with zero attached hydrogens (tertiary/aromatic N) is 4. The zero-order valence-electron chi connectivity index (χ0n) is 21.7. The number of hydrogen-bond acceptors (Lipinski definition) is 6. The number of aryl methyl sites for hydroxylation is 2. The fourth-order valence-corrected chi connectivity index (χ4v) is 4.31. The lowest BCUT2D eigenvalue weighted by atomic mass is 10.1. The molecule has 0 radical (unpaired) electrons. The number of nitro benzene ring substituents is 1. The SMILES string of the molecule is Cc1cc(C)c(C)c(Oc2cc(NC(=O)c3cnn4c(C(F)F)cc(-c5ccccc5)nc34)cc([N+](=O)[O-])c2)c1. The molecule has 0 aliphatic rings. The van der Waals surface area contributed by atoms with Crippen LogP contribution in [0.25, 0.3) is 16.9 Å². The molecule has 202 valence electrons. The number of nitrogens with one attached hydrogen (secondary N) is 1. The molecule has 40 heavy (non-hydrogen) atoms. The van der Waals surface area contributed by atoms with E-state index in [0.29, 0.717) is 11.3 Å². The van der Waals surface area contributed by atoms with Crippen LogP contribution in [0.4, 0.5) is 20.2 Å². The summed E-state index contributed by atoms with van der Waals surface area (Å²) in [5.41, 5.74) is 2.81. The minimum absolute atomic E-state index is 0.0730. The Morgan fingerprint density at radius 2 is 1.80 bits per heavy atom. The summed E-state index contributed by atoms with van der Waals surface area (Å²) in [6.07, 6.45) is -1.75. The highest BCUT2D eigenvalue weighted by molar-refractivity contribution is 6.08. The van der Waals surface area contributed by atoms with Crippen LogP contribution in [0.15, 0.2) is 72.9 Å². The number of nitro groups is 1. The van der Waals surface area contributed by atoms with E-state index in [4.69, 9.17) is 4.74 Å². The van der Waals surface area contributed by atoms with Gasteiger partial charge in [-0.2, -0.15) is 5.10 Å². The van der Waals surface area contributed by atoms with E-state index >= 15 is 0 Å². The van der Waals surface area contributed by atoms with E-state index in [1.165, 1.54) is 24.3 Å². The first-order valence-electron chi connectivity index (χ1n) is 12.2. The Morgan fingerprint density at radius 1 is 1.05 bits per heavy atom. The Kier molecular flexibility index (Phi) is 6.95. The second-order valence-corrected chi connectivity index (χ2v) is 9.26. The molecule has 3 aromatic carbocycles. The first-order chi connectivity index (χ1) is 19.1. The van der Waals surface area contributed by atoms with Gasteiger partial charge in [-0.05, 0) is 49.6 Å². The molecule has 5 rings (SSSR count). The molecule has 9 nitrogen and oxygen atoms in total. The molecule has 0 fully saturated rings. The van der Waals surface area contributed by atoms with Gasteiger partial charge in [-0.15, -0.1) is 0 Å². The van der Waals surface area contributed by atoms with Crippen molar-refractivity contribution in [1.82, 2.24) is 14.6 Å². The Balaban J connectivity index is 1.53. The number of benzene rings is 3. The number of rotatable bonds is 7. The number of aromatic nitrogens is 3. The Labute approximate surface area is 227 Å². The van der Waals surface area contributed by atoms with E-state index in [2.05, 4.69) is 15.4 Å². The highest BCUT2D eigenvalue weighted by Crippen LogP contribution is 2.33. The van der Waals surface area contributed by atoms with Gasteiger partial charge in [0.2, 0.25) is 0 Å². The summed E-state index contributed by atoms with van der Waals surface area (Å²) in [5.74, 6) is -0.0704. The third-order valence-electron chi connectivity index (χ3n) is 6.39. The molecule has 2 aromatic heterocycles. The van der Waals surface area contributed by atoms with Crippen molar-refractivity contribution in [2.45, 2.75) is 27.2 Å². The van der Waals surface area contributed by atoms with Crippen molar-refractivity contribution >= 4 is 22.9 Å². The lowest BCUT2D eigenvalue weighted by Gasteiger charge is -2.13. The van der Waals surface area contributed by atoms with Crippen LogP contribution in [0.2, 0.25) is 0 Å². The summed E-state index contributed by atoms with van der Waals surface area (Å²) in [5, 5.41) is 18.2. The number of carbonyl (C=O) groups excluding carboxylic acids is 1. The van der Waals surface area contributed by atoms with Crippen molar-refractivity contribution < 1.29 is 23.2 Å². The van der Waals surface area contributed by atoms with Crippen molar-refractivity contribution in [3.8, 4) is 22.8 Å². The van der Waals surface area contributed by atoms with Crippen LogP contribution in [-0.4, -0.2) is 25.4 Å². The summed E-state index contributed by atoms with van der Waals surface area (Å²) in [6, 6.07) is 17.6. The number of halogens is 2. The van der Waals surface area contributed by atoms with Crippen molar-refractivity contribution in [1.29, 1.82) is 0 Å². The highest BCUT2D eigenvalue weighted by Gasteiger charge is 2.23. The van der Waals surface area contributed by atoms with Gasteiger partial charge in [-0.3, -0.25) is 14.9 Å². The first kappa shape index (κ1) is 26.4. The van der Waals surface area contributed by atoms with Crippen LogP contribution in [0.1, 0.15) is 39.2 Å². The van der Waals surface area contributed by atoms with Crippen LogP contribution in [0.5, 0.6) is 11.5 Å². The summed E-state index contributed by atoms with van der Waals surface area (Å²) < 4.78 is 34.7. The fraction of sp³-hybridized carbons (Fsp3) is 0.138. The normalized spacial score (nSPS) is 11.2. The minimum atomic E-state index is -2.88. The van der Waals surface area contributed by atoms with Crippen LogP contribution in [0.3, 0.4) is 0 Å². The third-order valence-corrected chi connectivity index (χ3v) is 6.39. The first-order valence-corrected chi connectivity index (χ1v) is 12.2. The molecule has 0 aliphatic heterocycles. The van der Waals surface area contributed by atoms with Crippen molar-refractivity contribution in [3.05, 3.63) is 111 Å². The van der Waals surface area contributed by atoms with Crippen molar-refractivity contribution in [2.75, 3.05) is 5.32 Å². The van der Waals surface area contributed by atoms with Crippen LogP contribution in [-0.2, 0) is 0 Å². The number of fused-ring (bicyclic) bond motifs is 1. The number of amides is 1. The van der Waals surface area contributed by atoms with E-state index in [9.17, 15) is 23.7 Å². The van der Waals surface area contributed by atoms with Gasteiger partial charge in [0, 0.05) is 17.7 Å². The highest BCUT2D eigenvalue weighted by atomic mass is 19.3. The Hall–Kier alpha value is -5.19. The zero-order chi connectivity index (χ0) is 28.6. The van der Waals surface area contributed by atoms with Gasteiger partial charge in [0.25, 0.3) is 18.0 Å². The molecule has 2 heterocycles. The minimum Gasteiger partial charge on any atom is -0.457 e. The van der Waals surface area contributed by atoms with Gasteiger partial charge in [0.1, 0.15) is 22.8 Å². The van der Waals surface area contributed by atoms with Crippen LogP contribution >= 0.6 is 0 Å². The van der Waals surface area contributed by atoms with Crippen LogP contribution < -0.4 is 10.1 Å². The van der Waals surface area contributed by atoms with Gasteiger partial charge >= 0.3 is 0 Å². The number of anilines is 1. The molecule has 0 saturated carbocycles. The van der Waals surface area contributed by atoms with Crippen molar-refractivity contribution in [2.24, 2.45) is 0 Å². The topological polar surface area (TPSA) is 112 Å². The van der Waals surface area contributed by atoms with E-state index in [0.717, 1.165) is 27.4 Å². The van der Waals surface area contributed by atoms with E-state index < -0.39 is 22.9 Å². The smallest absolute Gasteiger partial charge is 0.280 e. The molecule has 5 aromatic rings. The van der Waals surface area contributed by atoms with Gasteiger partial charge < -0.3 is 10.1 Å². The zero-order valence-corrected chi connectivity index (χ0v) is 21.7. The van der Waals surface area contributed by atoms with E-state index in [-0.39, 0.29) is 34.0 Å². The van der Waals surface area contributed by atoms with Gasteiger partial charge in [0.15, 0.2) is 5.65 Å². The Bertz CT molecular complexity index is 1770. The summed E-state index contributed by atoms with van der Waals surface area (Å²) in [4.78, 5) is 28.8. The standard InChI is InChI=1S/C29H23F2N5O4/c1-16-9-17(2)18(3)26(10-16)40-22-12-20(11-21(13-22)36(38)39)33-29(37)23-15-32-35-25(27(30)31)14-24(34-28(23)35)19-7-5-4-6-8-19/h4-15,27H,1-3H3,(H,33,37). The molecule has 1 amide bonds. The Morgan fingerprint density at radius 3 is 2.50 bits per heavy atom. The van der Waals surface area contributed by atoms with E-state index in [1.54, 1.807) is 30.3 Å². The molecular weight excluding hydrogens is 520 g/mol. The molecule has 0 bridgehead atoms. The summed E-state index contributed by atoms with van der Waals surface area (Å²) in [6.45, 7) is 5.71. The lowest BCUT2D eigenvalue weighted by molar-refractivity contribution is -0.384. The second kappa shape index (κ2) is 10.5. The molecule has 11 heteroatoms. The third kappa shape index (κ3) is 5.21. The van der Waals surface area contributed by atoms with E-state index in [1.807, 2.05) is 32.9 Å². The summed E-state index contributed by atoms with van der Waals surface area (Å²) >= 11 is 0. The molecule has 0 spiro atoms. The lowest BCUT2D eigenvalue weighted by Crippen LogP contribution is -2.13. The second-order valence-electron chi connectivity index (χ2n) is 9.26. The molecule has 1 N–H and O–H groups in total. The molecule has 0 aliphatic carbocycles. The fourth-order valence-electron chi connectivity index (χ4n) is 4.31. The van der Waals surface area contributed by atoms with Crippen molar-refractivity contribution in [3.63, 3.8) is 0 Å². The number of alkyl halides is 2. The molecule has 0 atom stereocenters. The maximum absolute atomic E-state index is 13.9. The largest absolute Gasteiger partial charge is 0.457 e. The van der Waals surface area contributed by atoms with Gasteiger partial charge in [-0.1, -0.05) is 36.4 Å². The monoisotopic (exact) mass is 543 g/mol. The van der Waals surface area contributed by atoms with Gasteiger partial charge in [-0.25, -0.2) is 18.3 Å². The van der Waals surface area contributed by atoms with Gasteiger partial charge in [0.05, 0.1) is 28.6 Å². The quantitative estimate of drug-likeness (QED) is 0.171. The predicted octanol–water partition coefficient (Wildman–Crippen LogP) is 7.21. The molecular formula is C29H23F2N5O4. The molecule has 0 unspecified atom stereocenters. The molecule has 0 saturated heterocycles. The predicted molar refractivity (Wildman–Crippen MR) is 145 cm³/mol. The maximum Gasteiger partial charge on any atom is 0.280 e. The maximum atomic E-state index is 13.9. The number of hydrogen-bond donors (Lipinski definition) is 1. The average Bonchev–Trinajstić information content (AvgIpc) is 3.35.